The molecule has 8 heteroatoms. The van der Waals surface area contributed by atoms with Crippen molar-refractivity contribution in [3.63, 3.8) is 0 Å². The summed E-state index contributed by atoms with van der Waals surface area (Å²) >= 11 is 0. The van der Waals surface area contributed by atoms with Gasteiger partial charge in [-0.15, -0.1) is 0 Å². The average Bonchev–Trinajstić information content (AvgIpc) is 3.01. The van der Waals surface area contributed by atoms with Crippen LogP contribution in [0.15, 0.2) is 24.3 Å². The second kappa shape index (κ2) is 4.46. The number of fused-ring (bicyclic) bond motifs is 1. The molecule has 0 aromatic heterocycles. The molecule has 0 amide bonds. The standard InChI is InChI=1S/C19H22O8/c1-7-13(22)17-6-18(7,26)10(21)5-8(17)19-4-3-9(20)16(2,15(25)27-19)12(19)11(17)14(23)24/h3-4,8-13,20-22,26H,1,5-6H2,2H3,(H,23,24)/t8-,9+,10+,11-,12-,13-,16-,17-,18+,19-/m1/s1. The third-order valence-corrected chi connectivity index (χ3v) is 8.35. The van der Waals surface area contributed by atoms with Crippen LogP contribution in [-0.4, -0.2) is 67.0 Å². The number of carbonyl (C=O) groups excluding carboxylic acids is 1. The van der Waals surface area contributed by atoms with Gasteiger partial charge in [-0.05, 0) is 31.4 Å². The second-order valence-corrected chi connectivity index (χ2v) is 9.07. The molecule has 0 unspecified atom stereocenters. The number of hydrogen-bond donors (Lipinski definition) is 5. The van der Waals surface area contributed by atoms with Crippen LogP contribution in [-0.2, 0) is 14.3 Å². The summed E-state index contributed by atoms with van der Waals surface area (Å²) in [6, 6.07) is 0. The van der Waals surface area contributed by atoms with Crippen molar-refractivity contribution in [3.05, 3.63) is 24.3 Å². The Morgan fingerprint density at radius 2 is 2.00 bits per heavy atom. The summed E-state index contributed by atoms with van der Waals surface area (Å²) in [5.74, 6) is -4.84. The lowest BCUT2D eigenvalue weighted by molar-refractivity contribution is -0.175. The van der Waals surface area contributed by atoms with Gasteiger partial charge in [0.1, 0.15) is 16.6 Å². The van der Waals surface area contributed by atoms with E-state index in [1.807, 2.05) is 0 Å². The van der Waals surface area contributed by atoms with E-state index < -0.39 is 70.0 Å². The van der Waals surface area contributed by atoms with Gasteiger partial charge >= 0.3 is 11.9 Å². The van der Waals surface area contributed by atoms with E-state index >= 15 is 0 Å². The number of carboxylic acid groups (broad SMARTS) is 1. The van der Waals surface area contributed by atoms with Crippen LogP contribution in [0.3, 0.4) is 0 Å². The predicted octanol–water partition coefficient (Wildman–Crippen LogP) is -1.03. The Morgan fingerprint density at radius 3 is 2.63 bits per heavy atom. The Labute approximate surface area is 154 Å². The minimum atomic E-state index is -1.79. The predicted molar refractivity (Wildman–Crippen MR) is 88.0 cm³/mol. The Kier molecular flexibility index (Phi) is 2.87. The molecule has 1 heterocycles. The van der Waals surface area contributed by atoms with Crippen molar-refractivity contribution in [2.45, 2.75) is 49.3 Å². The summed E-state index contributed by atoms with van der Waals surface area (Å²) in [6.07, 6.45) is -1.14. The monoisotopic (exact) mass is 378 g/mol. The lowest BCUT2D eigenvalue weighted by Gasteiger charge is -2.46. The number of carbonyl (C=O) groups is 2. The third-order valence-electron chi connectivity index (χ3n) is 8.35. The quantitative estimate of drug-likeness (QED) is 0.288. The number of aliphatic carboxylic acids is 1. The fourth-order valence-electron chi connectivity index (χ4n) is 7.13. The molecular formula is C19H22O8. The fourth-order valence-corrected chi connectivity index (χ4v) is 7.13. The van der Waals surface area contributed by atoms with E-state index in [4.69, 9.17) is 4.74 Å². The summed E-state index contributed by atoms with van der Waals surface area (Å²) in [6.45, 7) is 5.23. The molecule has 10 atom stereocenters. The first-order valence-electron chi connectivity index (χ1n) is 9.09. The number of aliphatic hydroxyl groups is 4. The maximum absolute atomic E-state index is 12.7. The van der Waals surface area contributed by atoms with Crippen molar-refractivity contribution in [1.29, 1.82) is 0 Å². The summed E-state index contributed by atoms with van der Waals surface area (Å²) in [5.41, 5.74) is -5.99. The molecule has 0 aromatic carbocycles. The van der Waals surface area contributed by atoms with E-state index in [1.54, 1.807) is 0 Å². The molecule has 146 valence electrons. The van der Waals surface area contributed by atoms with Crippen molar-refractivity contribution in [3.8, 4) is 0 Å². The van der Waals surface area contributed by atoms with Crippen molar-refractivity contribution in [2.75, 3.05) is 0 Å². The van der Waals surface area contributed by atoms with Gasteiger partial charge < -0.3 is 30.3 Å². The van der Waals surface area contributed by atoms with Crippen LogP contribution in [0.25, 0.3) is 0 Å². The van der Waals surface area contributed by atoms with Crippen LogP contribution < -0.4 is 0 Å². The summed E-state index contributed by atoms with van der Waals surface area (Å²) in [7, 11) is 0. The third kappa shape index (κ3) is 1.44. The smallest absolute Gasteiger partial charge is 0.316 e. The molecule has 4 aliphatic carbocycles. The lowest BCUT2D eigenvalue weighted by atomic mass is 9.60. The molecular weight excluding hydrogens is 356 g/mol. The van der Waals surface area contributed by atoms with Gasteiger partial charge in [0.05, 0.1) is 24.2 Å². The first kappa shape index (κ1) is 17.4. The van der Waals surface area contributed by atoms with E-state index in [0.717, 1.165) is 0 Å². The molecule has 0 radical (unpaired) electrons. The minimum absolute atomic E-state index is 0.00400. The molecule has 1 saturated heterocycles. The molecule has 27 heavy (non-hydrogen) atoms. The van der Waals surface area contributed by atoms with E-state index in [0.29, 0.717) is 0 Å². The molecule has 8 nitrogen and oxygen atoms in total. The van der Waals surface area contributed by atoms with Crippen LogP contribution in [0.1, 0.15) is 19.8 Å². The average molecular weight is 378 g/mol. The number of carboxylic acids is 1. The highest BCUT2D eigenvalue weighted by molar-refractivity contribution is 5.86. The van der Waals surface area contributed by atoms with Gasteiger partial charge in [0.2, 0.25) is 0 Å². The zero-order valence-electron chi connectivity index (χ0n) is 14.7. The SMILES string of the molecule is C=C1[C@@H](O)[C@]23C[C@@]1(O)[C@@H](O)C[C@H]2[C@@]12C=C[C@H](O)[C@@](C)(C(=O)O1)[C@H]2[C@@H]3C(=O)O. The number of esters is 1. The number of hydrogen-bond acceptors (Lipinski definition) is 7. The molecule has 5 N–H and O–H groups in total. The Morgan fingerprint density at radius 1 is 1.33 bits per heavy atom. The van der Waals surface area contributed by atoms with Gasteiger partial charge in [-0.25, -0.2) is 0 Å². The molecule has 5 rings (SSSR count). The molecule has 1 aliphatic heterocycles. The van der Waals surface area contributed by atoms with Crippen molar-refractivity contribution in [2.24, 2.45) is 28.6 Å². The number of ether oxygens (including phenoxy) is 1. The Hall–Kier alpha value is -1.74. The molecule has 4 fully saturated rings. The molecule has 3 saturated carbocycles. The maximum Gasteiger partial charge on any atom is 0.316 e. The Bertz CT molecular complexity index is 836. The highest BCUT2D eigenvalue weighted by atomic mass is 16.6. The number of aliphatic hydroxyl groups excluding tert-OH is 3. The summed E-state index contributed by atoms with van der Waals surface area (Å²) < 4.78 is 5.75. The maximum atomic E-state index is 12.7. The lowest BCUT2D eigenvalue weighted by Crippen LogP contribution is -2.54. The molecule has 0 aromatic rings. The minimum Gasteiger partial charge on any atom is -0.481 e. The zero-order chi connectivity index (χ0) is 19.7. The van der Waals surface area contributed by atoms with Crippen LogP contribution in [0.2, 0.25) is 0 Å². The first-order chi connectivity index (χ1) is 12.5. The van der Waals surface area contributed by atoms with Gasteiger partial charge in [0.15, 0.2) is 0 Å². The normalized spacial score (nSPS) is 60.2. The summed E-state index contributed by atoms with van der Waals surface area (Å²) in [5, 5.41) is 53.3. The van der Waals surface area contributed by atoms with Crippen molar-refractivity contribution >= 4 is 11.9 Å². The van der Waals surface area contributed by atoms with Gasteiger partial charge in [0, 0.05) is 17.3 Å². The van der Waals surface area contributed by atoms with E-state index in [2.05, 4.69) is 6.58 Å². The molecule has 5 aliphatic rings. The van der Waals surface area contributed by atoms with Gasteiger partial charge in [0.25, 0.3) is 0 Å². The fraction of sp³-hybridized carbons (Fsp3) is 0.684. The van der Waals surface area contributed by atoms with Gasteiger partial charge in [-0.2, -0.15) is 0 Å². The van der Waals surface area contributed by atoms with Crippen LogP contribution >= 0.6 is 0 Å². The summed E-state index contributed by atoms with van der Waals surface area (Å²) in [4.78, 5) is 25.2. The van der Waals surface area contributed by atoms with Crippen LogP contribution in [0, 0.1) is 28.6 Å². The zero-order valence-corrected chi connectivity index (χ0v) is 14.7. The van der Waals surface area contributed by atoms with E-state index in [9.17, 15) is 35.1 Å². The van der Waals surface area contributed by atoms with Crippen molar-refractivity contribution < 1.29 is 39.9 Å². The highest BCUT2D eigenvalue weighted by Crippen LogP contribution is 2.77. The van der Waals surface area contributed by atoms with Gasteiger partial charge in [-0.3, -0.25) is 9.59 Å². The van der Waals surface area contributed by atoms with E-state index in [1.165, 1.54) is 19.1 Å². The number of rotatable bonds is 1. The molecule has 1 spiro atoms. The second-order valence-electron chi connectivity index (χ2n) is 9.07. The largest absolute Gasteiger partial charge is 0.481 e. The highest BCUT2D eigenvalue weighted by Gasteiger charge is 2.86. The van der Waals surface area contributed by atoms with Crippen LogP contribution in [0.5, 0.6) is 0 Å². The van der Waals surface area contributed by atoms with E-state index in [-0.39, 0.29) is 18.4 Å². The topological polar surface area (TPSA) is 145 Å². The van der Waals surface area contributed by atoms with Crippen molar-refractivity contribution in [1.82, 2.24) is 0 Å². The first-order valence-corrected chi connectivity index (χ1v) is 9.09. The van der Waals surface area contributed by atoms with Gasteiger partial charge in [-0.1, -0.05) is 12.7 Å². The Balaban J connectivity index is 1.82. The molecule has 4 bridgehead atoms. The van der Waals surface area contributed by atoms with Crippen LogP contribution in [0.4, 0.5) is 0 Å².